The predicted molar refractivity (Wildman–Crippen MR) is 136 cm³/mol. The summed E-state index contributed by atoms with van der Waals surface area (Å²) in [5.41, 5.74) is 3.31. The molecular weight excluding hydrogens is 474 g/mol. The average molecular weight is 504 g/mol. The van der Waals surface area contributed by atoms with Crippen molar-refractivity contribution in [2.24, 2.45) is 0 Å². The van der Waals surface area contributed by atoms with Gasteiger partial charge in [-0.05, 0) is 23.6 Å². The normalized spacial score (nSPS) is 22.3. The van der Waals surface area contributed by atoms with E-state index in [0.29, 0.717) is 18.5 Å². The zero-order valence-corrected chi connectivity index (χ0v) is 20.5. The molecular formula is C27H29N5O5. The minimum Gasteiger partial charge on any atom is -0.379 e. The van der Waals surface area contributed by atoms with E-state index < -0.39 is 17.0 Å². The largest absolute Gasteiger partial charge is 0.379 e. The second-order valence-corrected chi connectivity index (χ2v) is 9.91. The van der Waals surface area contributed by atoms with Gasteiger partial charge in [0.25, 0.3) is 5.69 Å². The minimum atomic E-state index is -0.652. The molecule has 10 heteroatoms. The summed E-state index contributed by atoms with van der Waals surface area (Å²) in [7, 11) is 0. The number of nitrogens with one attached hydrogen (secondary N) is 1. The number of benzene rings is 2. The molecule has 2 saturated heterocycles. The Labute approximate surface area is 213 Å². The number of fused-ring (bicyclic) bond motifs is 4. The number of nitrogens with zero attached hydrogens (tertiary/aromatic N) is 4. The number of hydrogen-bond acceptors (Lipinski definition) is 6. The molecule has 2 atom stereocenters. The zero-order valence-electron chi connectivity index (χ0n) is 20.5. The Kier molecular flexibility index (Phi) is 6.13. The van der Waals surface area contributed by atoms with Gasteiger partial charge in [0.05, 0.1) is 30.7 Å². The molecule has 4 heterocycles. The number of nitro benzene ring substituents is 1. The van der Waals surface area contributed by atoms with Crippen LogP contribution in [0.15, 0.2) is 48.5 Å². The molecule has 3 aromatic rings. The lowest BCUT2D eigenvalue weighted by Gasteiger charge is -2.47. The summed E-state index contributed by atoms with van der Waals surface area (Å²) in [6, 6.07) is 13.0. The zero-order chi connectivity index (χ0) is 25.5. The number of non-ortho nitro benzene ring substituents is 1. The summed E-state index contributed by atoms with van der Waals surface area (Å²) >= 11 is 0. The highest BCUT2D eigenvalue weighted by molar-refractivity contribution is 5.97. The van der Waals surface area contributed by atoms with Crippen molar-refractivity contribution >= 4 is 28.4 Å². The van der Waals surface area contributed by atoms with Gasteiger partial charge in [0.15, 0.2) is 0 Å². The third-order valence-corrected chi connectivity index (χ3v) is 7.75. The van der Waals surface area contributed by atoms with Gasteiger partial charge in [0.1, 0.15) is 6.04 Å². The lowest BCUT2D eigenvalue weighted by atomic mass is 9.86. The number of aromatic amines is 1. The fraction of sp³-hybridized carbons (Fsp3) is 0.407. The van der Waals surface area contributed by atoms with Gasteiger partial charge in [-0.2, -0.15) is 0 Å². The number of nitro groups is 1. The van der Waals surface area contributed by atoms with Crippen LogP contribution in [0.3, 0.4) is 0 Å². The third kappa shape index (κ3) is 4.25. The van der Waals surface area contributed by atoms with Crippen molar-refractivity contribution < 1.29 is 19.2 Å². The van der Waals surface area contributed by atoms with E-state index >= 15 is 0 Å². The highest BCUT2D eigenvalue weighted by Crippen LogP contribution is 2.43. The Hall–Kier alpha value is -3.76. The van der Waals surface area contributed by atoms with Crippen LogP contribution in [0.5, 0.6) is 0 Å². The van der Waals surface area contributed by atoms with Crippen molar-refractivity contribution in [1.29, 1.82) is 0 Å². The number of piperazine rings is 1. The molecule has 192 valence electrons. The molecule has 1 N–H and O–H groups in total. The Morgan fingerprint density at radius 1 is 1.05 bits per heavy atom. The molecule has 2 fully saturated rings. The Morgan fingerprint density at radius 2 is 1.86 bits per heavy atom. The number of rotatable bonds is 6. The number of amides is 2. The smallest absolute Gasteiger partial charge is 0.269 e. The summed E-state index contributed by atoms with van der Waals surface area (Å²) in [5.74, 6) is -0.204. The molecule has 37 heavy (non-hydrogen) atoms. The molecule has 0 spiro atoms. The number of aromatic nitrogens is 1. The highest BCUT2D eigenvalue weighted by atomic mass is 16.6. The summed E-state index contributed by atoms with van der Waals surface area (Å²) in [6.07, 6.45) is 1.20. The first-order valence-corrected chi connectivity index (χ1v) is 12.7. The molecule has 3 aliphatic rings. The number of carbonyl (C=O) groups is 2. The first-order chi connectivity index (χ1) is 18.0. The van der Waals surface area contributed by atoms with Crippen molar-refractivity contribution in [1.82, 2.24) is 19.7 Å². The molecule has 0 saturated carbocycles. The van der Waals surface area contributed by atoms with Gasteiger partial charge in [-0.3, -0.25) is 24.6 Å². The molecule has 0 aliphatic carbocycles. The van der Waals surface area contributed by atoms with E-state index in [9.17, 15) is 19.7 Å². The van der Waals surface area contributed by atoms with E-state index in [2.05, 4.69) is 9.88 Å². The quantitative estimate of drug-likeness (QED) is 0.409. The second-order valence-electron chi connectivity index (χ2n) is 9.91. The van der Waals surface area contributed by atoms with Crippen LogP contribution >= 0.6 is 0 Å². The molecule has 1 unspecified atom stereocenters. The molecule has 1 aromatic heterocycles. The van der Waals surface area contributed by atoms with Gasteiger partial charge in [0.2, 0.25) is 11.8 Å². The minimum absolute atomic E-state index is 0.0133. The lowest BCUT2D eigenvalue weighted by Crippen LogP contribution is -2.63. The number of para-hydroxylation sites is 1. The number of carbonyl (C=O) groups excluding carboxylic acids is 2. The van der Waals surface area contributed by atoms with Crippen molar-refractivity contribution in [2.75, 3.05) is 45.9 Å². The Bertz CT molecular complexity index is 1360. The van der Waals surface area contributed by atoms with Crippen molar-refractivity contribution in [3.63, 3.8) is 0 Å². The van der Waals surface area contributed by atoms with E-state index in [1.165, 1.54) is 12.1 Å². The highest BCUT2D eigenvalue weighted by Gasteiger charge is 2.48. The first kappa shape index (κ1) is 23.6. The molecule has 6 rings (SSSR count). The van der Waals surface area contributed by atoms with E-state index in [0.717, 1.165) is 61.4 Å². The molecule has 3 aliphatic heterocycles. The van der Waals surface area contributed by atoms with Crippen molar-refractivity contribution in [3.05, 3.63) is 75.5 Å². The van der Waals surface area contributed by atoms with Crippen LogP contribution < -0.4 is 0 Å². The number of ether oxygens (including phenoxy) is 1. The van der Waals surface area contributed by atoms with Gasteiger partial charge in [-0.1, -0.05) is 30.3 Å². The van der Waals surface area contributed by atoms with Crippen molar-refractivity contribution in [3.8, 4) is 0 Å². The van der Waals surface area contributed by atoms with Crippen LogP contribution in [0.1, 0.15) is 29.3 Å². The molecule has 0 bridgehead atoms. The fourth-order valence-corrected chi connectivity index (χ4v) is 5.98. The predicted octanol–water partition coefficient (Wildman–Crippen LogP) is 2.48. The molecule has 10 nitrogen and oxygen atoms in total. The third-order valence-electron chi connectivity index (χ3n) is 7.75. The molecule has 0 radical (unpaired) electrons. The Balaban J connectivity index is 1.34. The monoisotopic (exact) mass is 503 g/mol. The van der Waals surface area contributed by atoms with Crippen LogP contribution in [0.4, 0.5) is 5.69 Å². The Morgan fingerprint density at radius 3 is 2.68 bits per heavy atom. The van der Waals surface area contributed by atoms with E-state index in [1.807, 2.05) is 24.3 Å². The summed E-state index contributed by atoms with van der Waals surface area (Å²) < 4.78 is 5.41. The molecule has 2 aromatic carbocycles. The summed E-state index contributed by atoms with van der Waals surface area (Å²) in [6.45, 7) is 4.62. The second kappa shape index (κ2) is 9.60. The van der Waals surface area contributed by atoms with Crippen LogP contribution in [-0.2, 0) is 20.7 Å². The molecule has 2 amide bonds. The fourth-order valence-electron chi connectivity index (χ4n) is 5.98. The number of morpholine rings is 1. The van der Waals surface area contributed by atoms with Gasteiger partial charge in [-0.15, -0.1) is 0 Å². The maximum atomic E-state index is 13.8. The van der Waals surface area contributed by atoms with Gasteiger partial charge in [-0.25, -0.2) is 0 Å². The van der Waals surface area contributed by atoms with Crippen molar-refractivity contribution in [2.45, 2.75) is 24.9 Å². The van der Waals surface area contributed by atoms with E-state index in [1.54, 1.807) is 21.9 Å². The summed E-state index contributed by atoms with van der Waals surface area (Å²) in [5, 5.41) is 12.5. The van der Waals surface area contributed by atoms with Gasteiger partial charge in [0, 0.05) is 61.3 Å². The lowest BCUT2D eigenvalue weighted by molar-refractivity contribution is -0.384. The van der Waals surface area contributed by atoms with Gasteiger partial charge < -0.3 is 19.5 Å². The van der Waals surface area contributed by atoms with E-state index in [-0.39, 0.29) is 24.0 Å². The standard InChI is InChI=1S/C27H29N5O5/c33-24-17-30(10-4-9-29-11-13-37-14-12-29)27(34)23-16-21-20-7-1-2-8-22(20)28-25(21)26(31(23)24)18-5-3-6-19(15-18)32(35)36/h1-3,5-8,15,23,26,28H,4,9-14,16-17H2/t23-,26?/m0/s1. The number of hydrogen-bond donors (Lipinski definition) is 1. The maximum Gasteiger partial charge on any atom is 0.269 e. The van der Waals surface area contributed by atoms with Crippen LogP contribution in [0.25, 0.3) is 10.9 Å². The first-order valence-electron chi connectivity index (χ1n) is 12.7. The van der Waals surface area contributed by atoms with Gasteiger partial charge >= 0.3 is 0 Å². The van der Waals surface area contributed by atoms with Crippen LogP contribution in [-0.4, -0.2) is 88.4 Å². The van der Waals surface area contributed by atoms with Crippen LogP contribution in [0.2, 0.25) is 0 Å². The average Bonchev–Trinajstić information content (AvgIpc) is 3.29. The summed E-state index contributed by atoms with van der Waals surface area (Å²) in [4.78, 5) is 47.6. The topological polar surface area (TPSA) is 112 Å². The van der Waals surface area contributed by atoms with Crippen LogP contribution in [0, 0.1) is 10.1 Å². The van der Waals surface area contributed by atoms with E-state index in [4.69, 9.17) is 4.74 Å². The SMILES string of the molecule is O=C1[C@@H]2Cc3c([nH]c4ccccc34)C(c3cccc([N+](=O)[O-])c3)N2C(=O)CN1CCCN1CCOCC1. The maximum absolute atomic E-state index is 13.8. The number of H-pyrrole nitrogens is 1.